The average molecular weight is 335 g/mol. The Morgan fingerprint density at radius 3 is 3.00 bits per heavy atom. The van der Waals surface area contributed by atoms with Gasteiger partial charge in [-0.2, -0.15) is 0 Å². The van der Waals surface area contributed by atoms with E-state index in [0.717, 1.165) is 29.5 Å². The number of rotatable bonds is 5. The van der Waals surface area contributed by atoms with Crippen molar-refractivity contribution < 1.29 is 4.74 Å². The molecule has 1 aliphatic rings. The zero-order valence-corrected chi connectivity index (χ0v) is 15.0. The molecule has 2 N–H and O–H groups in total. The van der Waals surface area contributed by atoms with Crippen LogP contribution in [0.15, 0.2) is 4.79 Å². The van der Waals surface area contributed by atoms with Crippen LogP contribution in [0.3, 0.4) is 0 Å². The van der Waals surface area contributed by atoms with Crippen LogP contribution < -0.4 is 10.9 Å². The lowest BCUT2D eigenvalue weighted by molar-refractivity contribution is 0.167. The molecule has 0 saturated heterocycles. The number of hydrogen-bond donors (Lipinski definition) is 2. The number of fused-ring (bicyclic) bond motifs is 3. The number of nitrogens with zero attached hydrogens (tertiary/aromatic N) is 1. The van der Waals surface area contributed by atoms with Crippen LogP contribution in [0, 0.1) is 5.92 Å². The standard InChI is InChI=1S/C17H25N3O2S/c1-9-5-6-12-13(7-9)23-17-14(12)16(21)19-15(20-17)11(3)18-10(2)8-22-4/h9-11,18H,5-8H2,1-4H3,(H,19,20,21)/t9-,10+,11-/m1/s1. The Bertz CT molecular complexity index is 752. The first kappa shape index (κ1) is 16.6. The molecule has 126 valence electrons. The average Bonchev–Trinajstić information content (AvgIpc) is 2.84. The van der Waals surface area contributed by atoms with E-state index in [1.807, 2.05) is 6.92 Å². The minimum atomic E-state index is -0.0182. The third-order valence-electron chi connectivity index (χ3n) is 4.55. The maximum Gasteiger partial charge on any atom is 0.259 e. The molecule has 5 nitrogen and oxygen atoms in total. The predicted octanol–water partition coefficient (Wildman–Crippen LogP) is 2.79. The Morgan fingerprint density at radius 2 is 2.26 bits per heavy atom. The van der Waals surface area contributed by atoms with Crippen molar-refractivity contribution in [2.45, 2.75) is 52.1 Å². The van der Waals surface area contributed by atoms with Gasteiger partial charge in [-0.3, -0.25) is 4.79 Å². The highest BCUT2D eigenvalue weighted by Gasteiger charge is 2.23. The van der Waals surface area contributed by atoms with Crippen molar-refractivity contribution in [3.8, 4) is 0 Å². The topological polar surface area (TPSA) is 67.0 Å². The van der Waals surface area contributed by atoms with Gasteiger partial charge in [-0.05, 0) is 44.6 Å². The van der Waals surface area contributed by atoms with Gasteiger partial charge in [0.15, 0.2) is 0 Å². The summed E-state index contributed by atoms with van der Waals surface area (Å²) in [5.74, 6) is 1.40. The zero-order valence-electron chi connectivity index (χ0n) is 14.2. The Kier molecular flexibility index (Phi) is 4.85. The molecule has 0 radical (unpaired) electrons. The fraction of sp³-hybridized carbons (Fsp3) is 0.647. The smallest absolute Gasteiger partial charge is 0.259 e. The number of ether oxygens (including phenoxy) is 1. The van der Waals surface area contributed by atoms with E-state index in [1.54, 1.807) is 18.4 Å². The van der Waals surface area contributed by atoms with Gasteiger partial charge in [-0.25, -0.2) is 4.98 Å². The maximum atomic E-state index is 12.6. The molecule has 0 spiro atoms. The minimum absolute atomic E-state index is 0.00472. The molecule has 0 saturated carbocycles. The molecule has 3 atom stereocenters. The SMILES string of the molecule is COC[C@H](C)N[C@H](C)c1nc2sc3c(c2c(=O)[nH]1)CC[C@@H](C)C3. The molecular weight excluding hydrogens is 310 g/mol. The molecule has 0 aromatic carbocycles. The van der Waals surface area contributed by atoms with Crippen LogP contribution in [0.4, 0.5) is 0 Å². The van der Waals surface area contributed by atoms with Crippen molar-refractivity contribution >= 4 is 21.6 Å². The second-order valence-corrected chi connectivity index (χ2v) is 7.81. The van der Waals surface area contributed by atoms with E-state index < -0.39 is 0 Å². The molecule has 0 fully saturated rings. The first-order valence-electron chi connectivity index (χ1n) is 8.29. The first-order chi connectivity index (χ1) is 11.0. The van der Waals surface area contributed by atoms with E-state index in [4.69, 9.17) is 9.72 Å². The van der Waals surface area contributed by atoms with E-state index in [-0.39, 0.29) is 17.6 Å². The van der Waals surface area contributed by atoms with Gasteiger partial charge in [-0.1, -0.05) is 6.92 Å². The summed E-state index contributed by atoms with van der Waals surface area (Å²) >= 11 is 1.69. The number of aromatic nitrogens is 2. The molecule has 2 aromatic heterocycles. The van der Waals surface area contributed by atoms with Gasteiger partial charge >= 0.3 is 0 Å². The molecule has 0 aliphatic heterocycles. The van der Waals surface area contributed by atoms with Crippen LogP contribution >= 0.6 is 11.3 Å². The molecule has 2 heterocycles. The number of aromatic amines is 1. The van der Waals surface area contributed by atoms with Gasteiger partial charge in [-0.15, -0.1) is 11.3 Å². The number of aryl methyl sites for hydroxylation is 1. The molecule has 3 rings (SSSR count). The molecule has 23 heavy (non-hydrogen) atoms. The summed E-state index contributed by atoms with van der Waals surface area (Å²) in [5, 5.41) is 4.22. The van der Waals surface area contributed by atoms with Crippen LogP contribution in [-0.4, -0.2) is 29.7 Å². The largest absolute Gasteiger partial charge is 0.383 e. The second kappa shape index (κ2) is 6.71. The Morgan fingerprint density at radius 1 is 1.48 bits per heavy atom. The van der Waals surface area contributed by atoms with Crippen molar-refractivity contribution in [1.29, 1.82) is 0 Å². The van der Waals surface area contributed by atoms with Gasteiger partial charge in [0.25, 0.3) is 5.56 Å². The van der Waals surface area contributed by atoms with Crippen molar-refractivity contribution in [3.05, 3.63) is 26.6 Å². The van der Waals surface area contributed by atoms with E-state index in [0.29, 0.717) is 18.3 Å². The van der Waals surface area contributed by atoms with Gasteiger partial charge in [0.05, 0.1) is 18.0 Å². The summed E-state index contributed by atoms with van der Waals surface area (Å²) in [6, 6.07) is 0.184. The van der Waals surface area contributed by atoms with Crippen molar-refractivity contribution in [3.63, 3.8) is 0 Å². The summed E-state index contributed by atoms with van der Waals surface area (Å²) in [4.78, 5) is 22.5. The molecule has 1 aliphatic carbocycles. The fourth-order valence-corrected chi connectivity index (χ4v) is 4.76. The monoisotopic (exact) mass is 335 g/mol. The highest BCUT2D eigenvalue weighted by Crippen LogP contribution is 2.35. The van der Waals surface area contributed by atoms with Crippen LogP contribution in [0.5, 0.6) is 0 Å². The number of hydrogen-bond acceptors (Lipinski definition) is 5. The molecule has 6 heteroatoms. The fourth-order valence-electron chi connectivity index (χ4n) is 3.37. The highest BCUT2D eigenvalue weighted by molar-refractivity contribution is 7.18. The highest BCUT2D eigenvalue weighted by atomic mass is 32.1. The van der Waals surface area contributed by atoms with Gasteiger partial charge in [0, 0.05) is 18.0 Å². The van der Waals surface area contributed by atoms with E-state index >= 15 is 0 Å². The molecule has 2 aromatic rings. The van der Waals surface area contributed by atoms with Gasteiger partial charge in [0.1, 0.15) is 10.7 Å². The number of nitrogens with one attached hydrogen (secondary N) is 2. The van der Waals surface area contributed by atoms with E-state index in [9.17, 15) is 4.79 Å². The van der Waals surface area contributed by atoms with Crippen LogP contribution in [0.25, 0.3) is 10.2 Å². The number of thiophene rings is 1. The van der Waals surface area contributed by atoms with Crippen molar-refractivity contribution in [1.82, 2.24) is 15.3 Å². The lowest BCUT2D eigenvalue weighted by Crippen LogP contribution is -2.34. The Balaban J connectivity index is 1.94. The minimum Gasteiger partial charge on any atom is -0.383 e. The summed E-state index contributed by atoms with van der Waals surface area (Å²) in [5.41, 5.74) is 1.24. The Labute approximate surface area is 140 Å². The van der Waals surface area contributed by atoms with Crippen LogP contribution in [0.2, 0.25) is 0 Å². The summed E-state index contributed by atoms with van der Waals surface area (Å²) in [6.07, 6.45) is 3.23. The van der Waals surface area contributed by atoms with Gasteiger partial charge in [0.2, 0.25) is 0 Å². The third kappa shape index (κ3) is 3.34. The van der Waals surface area contributed by atoms with E-state index in [1.165, 1.54) is 10.4 Å². The summed E-state index contributed by atoms with van der Waals surface area (Å²) < 4.78 is 5.15. The van der Waals surface area contributed by atoms with Crippen molar-refractivity contribution in [2.24, 2.45) is 5.92 Å². The van der Waals surface area contributed by atoms with Crippen LogP contribution in [-0.2, 0) is 17.6 Å². The normalized spacial score (nSPS) is 20.4. The maximum absolute atomic E-state index is 12.6. The van der Waals surface area contributed by atoms with Gasteiger partial charge < -0.3 is 15.0 Å². The first-order valence-corrected chi connectivity index (χ1v) is 9.10. The molecule has 0 unspecified atom stereocenters. The van der Waals surface area contributed by atoms with Crippen LogP contribution in [0.1, 0.15) is 49.5 Å². The summed E-state index contributed by atoms with van der Waals surface area (Å²) in [6.45, 7) is 6.98. The number of methoxy groups -OCH3 is 1. The predicted molar refractivity (Wildman–Crippen MR) is 94.3 cm³/mol. The quantitative estimate of drug-likeness (QED) is 0.882. The van der Waals surface area contributed by atoms with E-state index in [2.05, 4.69) is 24.1 Å². The molecular formula is C17H25N3O2S. The zero-order chi connectivity index (χ0) is 16.6. The number of H-pyrrole nitrogens is 1. The lowest BCUT2D eigenvalue weighted by Gasteiger charge is -2.19. The lowest BCUT2D eigenvalue weighted by atomic mass is 9.89. The third-order valence-corrected chi connectivity index (χ3v) is 5.69. The Hall–Kier alpha value is -1.24. The second-order valence-electron chi connectivity index (χ2n) is 6.73. The summed E-state index contributed by atoms with van der Waals surface area (Å²) in [7, 11) is 1.69. The molecule has 0 amide bonds. The molecule has 0 bridgehead atoms. The van der Waals surface area contributed by atoms with Crippen molar-refractivity contribution in [2.75, 3.05) is 13.7 Å².